The van der Waals surface area contributed by atoms with E-state index in [1.165, 1.54) is 0 Å². The van der Waals surface area contributed by atoms with E-state index >= 15 is 0 Å². The zero-order valence-electron chi connectivity index (χ0n) is 19.5. The van der Waals surface area contributed by atoms with Gasteiger partial charge in [0.15, 0.2) is 6.10 Å². The standard InChI is InChI=1S/C28H31NO4/c1-4-26(28(31)32-5-2)33-20-23-10-6-9-22(19-23)11-7-17-29-18-8-12-25(29)27(30)24-15-13-21(3)14-16-24/h6-16,18-19,26H,4-5,17,20H2,1-3H3/b11-7+. The van der Waals surface area contributed by atoms with Crippen molar-refractivity contribution in [2.75, 3.05) is 6.61 Å². The first-order chi connectivity index (χ1) is 16.0. The number of ketones is 1. The molecule has 1 atom stereocenters. The average Bonchev–Trinajstić information content (AvgIpc) is 3.28. The molecule has 1 heterocycles. The minimum absolute atomic E-state index is 0.0135. The van der Waals surface area contributed by atoms with Gasteiger partial charge in [0.1, 0.15) is 0 Å². The van der Waals surface area contributed by atoms with E-state index in [1.54, 1.807) is 6.92 Å². The van der Waals surface area contributed by atoms with Crippen molar-refractivity contribution < 1.29 is 19.1 Å². The van der Waals surface area contributed by atoms with Crippen LogP contribution in [0.15, 0.2) is 72.9 Å². The Hall–Kier alpha value is -3.44. The first kappa shape index (κ1) is 24.2. The quantitative estimate of drug-likeness (QED) is 0.285. The minimum atomic E-state index is -0.553. The van der Waals surface area contributed by atoms with Crippen LogP contribution in [-0.4, -0.2) is 29.0 Å². The summed E-state index contributed by atoms with van der Waals surface area (Å²) in [6, 6.07) is 19.3. The highest BCUT2D eigenvalue weighted by molar-refractivity contribution is 6.08. The van der Waals surface area contributed by atoms with Gasteiger partial charge in [-0.3, -0.25) is 4.79 Å². The zero-order valence-corrected chi connectivity index (χ0v) is 19.5. The molecule has 3 aromatic rings. The molecular weight excluding hydrogens is 414 g/mol. The topological polar surface area (TPSA) is 57.5 Å². The van der Waals surface area contributed by atoms with Gasteiger partial charge < -0.3 is 14.0 Å². The smallest absolute Gasteiger partial charge is 0.335 e. The van der Waals surface area contributed by atoms with Gasteiger partial charge in [0.25, 0.3) is 0 Å². The summed E-state index contributed by atoms with van der Waals surface area (Å²) < 4.78 is 12.8. The minimum Gasteiger partial charge on any atom is -0.464 e. The van der Waals surface area contributed by atoms with E-state index in [0.717, 1.165) is 16.7 Å². The molecule has 0 fully saturated rings. The molecule has 0 bridgehead atoms. The van der Waals surface area contributed by atoms with Crippen molar-refractivity contribution in [3.63, 3.8) is 0 Å². The number of allylic oxidation sites excluding steroid dienone is 1. The molecule has 0 aliphatic heterocycles. The van der Waals surface area contributed by atoms with E-state index in [2.05, 4.69) is 0 Å². The first-order valence-corrected chi connectivity index (χ1v) is 11.3. The van der Waals surface area contributed by atoms with Crippen LogP contribution in [-0.2, 0) is 27.4 Å². The molecule has 1 unspecified atom stereocenters. The van der Waals surface area contributed by atoms with E-state index < -0.39 is 6.10 Å². The summed E-state index contributed by atoms with van der Waals surface area (Å²) in [5.41, 5.74) is 4.49. The average molecular weight is 446 g/mol. The van der Waals surface area contributed by atoms with Crippen molar-refractivity contribution in [3.05, 3.63) is 101 Å². The number of benzene rings is 2. The Balaban J connectivity index is 1.61. The van der Waals surface area contributed by atoms with Gasteiger partial charge in [0.05, 0.1) is 18.9 Å². The van der Waals surface area contributed by atoms with Gasteiger partial charge in [-0.15, -0.1) is 0 Å². The lowest BCUT2D eigenvalue weighted by Crippen LogP contribution is -2.25. The highest BCUT2D eigenvalue weighted by Crippen LogP contribution is 2.14. The van der Waals surface area contributed by atoms with Gasteiger partial charge in [-0.05, 0) is 49.6 Å². The molecule has 3 rings (SSSR count). The van der Waals surface area contributed by atoms with Crippen LogP contribution in [0.3, 0.4) is 0 Å². The molecule has 0 radical (unpaired) electrons. The Bertz CT molecular complexity index is 1100. The van der Waals surface area contributed by atoms with Gasteiger partial charge in [-0.2, -0.15) is 0 Å². The monoisotopic (exact) mass is 445 g/mol. The van der Waals surface area contributed by atoms with Crippen LogP contribution in [0.25, 0.3) is 6.08 Å². The van der Waals surface area contributed by atoms with E-state index in [9.17, 15) is 9.59 Å². The first-order valence-electron chi connectivity index (χ1n) is 11.3. The Morgan fingerprint density at radius 1 is 1.03 bits per heavy atom. The fraction of sp³-hybridized carbons (Fsp3) is 0.286. The van der Waals surface area contributed by atoms with Gasteiger partial charge in [-0.25, -0.2) is 4.79 Å². The normalized spacial score (nSPS) is 12.1. The second-order valence-corrected chi connectivity index (χ2v) is 7.85. The molecule has 172 valence electrons. The third-order valence-corrected chi connectivity index (χ3v) is 5.31. The molecule has 0 N–H and O–H groups in total. The number of carbonyl (C=O) groups is 2. The number of hydrogen-bond donors (Lipinski definition) is 0. The summed E-state index contributed by atoms with van der Waals surface area (Å²) in [4.78, 5) is 24.8. The maximum Gasteiger partial charge on any atom is 0.335 e. The van der Waals surface area contributed by atoms with Crippen LogP contribution in [0.1, 0.15) is 53.0 Å². The largest absolute Gasteiger partial charge is 0.464 e. The number of ether oxygens (including phenoxy) is 2. The summed E-state index contributed by atoms with van der Waals surface area (Å²) in [5, 5.41) is 0. The van der Waals surface area contributed by atoms with Crippen molar-refractivity contribution in [3.8, 4) is 0 Å². The van der Waals surface area contributed by atoms with E-state index in [0.29, 0.717) is 37.4 Å². The molecule has 0 aliphatic rings. The summed E-state index contributed by atoms with van der Waals surface area (Å²) in [7, 11) is 0. The predicted octanol–water partition coefficient (Wildman–Crippen LogP) is 5.60. The maximum absolute atomic E-state index is 12.9. The highest BCUT2D eigenvalue weighted by atomic mass is 16.6. The molecule has 2 aromatic carbocycles. The molecule has 0 spiro atoms. The van der Waals surface area contributed by atoms with Gasteiger partial charge in [0, 0.05) is 18.3 Å². The Morgan fingerprint density at radius 3 is 2.55 bits per heavy atom. The molecule has 0 aliphatic carbocycles. The molecule has 1 aromatic heterocycles. The molecule has 0 saturated heterocycles. The van der Waals surface area contributed by atoms with Crippen molar-refractivity contribution in [1.82, 2.24) is 4.57 Å². The van der Waals surface area contributed by atoms with Crippen molar-refractivity contribution in [2.24, 2.45) is 0 Å². The number of carbonyl (C=O) groups excluding carboxylic acids is 2. The van der Waals surface area contributed by atoms with E-state index in [-0.39, 0.29) is 11.8 Å². The van der Waals surface area contributed by atoms with Crippen LogP contribution >= 0.6 is 0 Å². The Kier molecular flexibility index (Phi) is 8.79. The second-order valence-electron chi connectivity index (χ2n) is 7.85. The summed E-state index contributed by atoms with van der Waals surface area (Å²) in [6.45, 7) is 6.96. The molecule has 0 amide bonds. The Morgan fingerprint density at radius 2 is 1.82 bits per heavy atom. The summed E-state index contributed by atoms with van der Waals surface area (Å²) in [5.74, 6) is -0.307. The van der Waals surface area contributed by atoms with Crippen molar-refractivity contribution in [1.29, 1.82) is 0 Å². The number of hydrogen-bond acceptors (Lipinski definition) is 4. The zero-order chi connectivity index (χ0) is 23.6. The fourth-order valence-electron chi connectivity index (χ4n) is 3.51. The van der Waals surface area contributed by atoms with E-state index in [4.69, 9.17) is 9.47 Å². The fourth-order valence-corrected chi connectivity index (χ4v) is 3.51. The maximum atomic E-state index is 12.9. The molecule has 33 heavy (non-hydrogen) atoms. The lowest BCUT2D eigenvalue weighted by atomic mass is 10.1. The van der Waals surface area contributed by atoms with Gasteiger partial charge >= 0.3 is 5.97 Å². The SMILES string of the molecule is CCOC(=O)C(CC)OCc1cccc(/C=C/Cn2cccc2C(=O)c2ccc(C)cc2)c1. The van der Waals surface area contributed by atoms with Crippen LogP contribution in [0.5, 0.6) is 0 Å². The van der Waals surface area contributed by atoms with Crippen LogP contribution in [0.2, 0.25) is 0 Å². The van der Waals surface area contributed by atoms with Gasteiger partial charge in [0.2, 0.25) is 5.78 Å². The van der Waals surface area contributed by atoms with Crippen LogP contribution in [0, 0.1) is 6.92 Å². The number of nitrogens with zero attached hydrogens (tertiary/aromatic N) is 1. The number of esters is 1. The summed E-state index contributed by atoms with van der Waals surface area (Å²) >= 11 is 0. The second kappa shape index (κ2) is 12.0. The predicted molar refractivity (Wildman–Crippen MR) is 130 cm³/mol. The number of aromatic nitrogens is 1. The highest BCUT2D eigenvalue weighted by Gasteiger charge is 2.18. The molecule has 5 heteroatoms. The summed E-state index contributed by atoms with van der Waals surface area (Å²) in [6.07, 6.45) is 5.98. The van der Waals surface area contributed by atoms with Crippen LogP contribution < -0.4 is 0 Å². The molecule has 0 saturated carbocycles. The molecular formula is C28H31NO4. The third-order valence-electron chi connectivity index (χ3n) is 5.31. The van der Waals surface area contributed by atoms with Crippen LogP contribution in [0.4, 0.5) is 0 Å². The van der Waals surface area contributed by atoms with Gasteiger partial charge in [-0.1, -0.05) is 67.1 Å². The lowest BCUT2D eigenvalue weighted by molar-refractivity contribution is -0.157. The Labute approximate surface area is 195 Å². The number of aryl methyl sites for hydroxylation is 1. The van der Waals surface area contributed by atoms with E-state index in [1.807, 2.05) is 97.4 Å². The molecule has 5 nitrogen and oxygen atoms in total. The lowest BCUT2D eigenvalue weighted by Gasteiger charge is -2.14. The van der Waals surface area contributed by atoms with Crippen molar-refractivity contribution in [2.45, 2.75) is 46.4 Å². The third kappa shape index (κ3) is 6.77. The van der Waals surface area contributed by atoms with Crippen molar-refractivity contribution >= 4 is 17.8 Å². The number of rotatable bonds is 11.